The van der Waals surface area contributed by atoms with E-state index in [1.165, 1.54) is 12.8 Å². The average Bonchev–Trinajstić information content (AvgIpc) is 3.00. The molecule has 1 heterocycles. The zero-order valence-corrected chi connectivity index (χ0v) is 12.7. The maximum absolute atomic E-state index is 12.4. The first kappa shape index (κ1) is 15.9. The Morgan fingerprint density at radius 2 is 2.29 bits per heavy atom. The van der Waals surface area contributed by atoms with E-state index < -0.39 is 0 Å². The van der Waals surface area contributed by atoms with Crippen molar-refractivity contribution in [1.82, 2.24) is 15.2 Å². The third kappa shape index (κ3) is 4.79. The highest BCUT2D eigenvalue weighted by Crippen LogP contribution is 2.18. The lowest BCUT2D eigenvalue weighted by Crippen LogP contribution is -2.48. The van der Waals surface area contributed by atoms with Gasteiger partial charge in [0.1, 0.15) is 0 Å². The van der Waals surface area contributed by atoms with Crippen molar-refractivity contribution >= 4 is 5.91 Å². The molecule has 1 amide bonds. The van der Waals surface area contributed by atoms with Gasteiger partial charge >= 0.3 is 0 Å². The van der Waals surface area contributed by atoms with Crippen molar-refractivity contribution in [2.45, 2.75) is 51.2 Å². The summed E-state index contributed by atoms with van der Waals surface area (Å²) in [7, 11) is 0. The van der Waals surface area contributed by atoms with Gasteiger partial charge in [-0.05, 0) is 31.4 Å². The Morgan fingerprint density at radius 3 is 2.90 bits per heavy atom. The molecule has 1 aromatic rings. The second-order valence-electron chi connectivity index (χ2n) is 5.72. The fourth-order valence-corrected chi connectivity index (χ4v) is 2.82. The number of pyridine rings is 1. The van der Waals surface area contributed by atoms with E-state index in [1.807, 2.05) is 24.0 Å². The van der Waals surface area contributed by atoms with Crippen LogP contribution in [0.25, 0.3) is 0 Å². The molecule has 1 aromatic heterocycles. The third-order valence-electron chi connectivity index (χ3n) is 4.12. The molecule has 21 heavy (non-hydrogen) atoms. The Labute approximate surface area is 126 Å². The van der Waals surface area contributed by atoms with Crippen LogP contribution >= 0.6 is 0 Å². The summed E-state index contributed by atoms with van der Waals surface area (Å²) in [4.78, 5) is 18.4. The van der Waals surface area contributed by atoms with Crippen LogP contribution < -0.4 is 5.32 Å². The molecule has 0 aliphatic heterocycles. The van der Waals surface area contributed by atoms with Gasteiger partial charge in [-0.3, -0.25) is 14.7 Å². The summed E-state index contributed by atoms with van der Waals surface area (Å²) < 4.78 is 0. The van der Waals surface area contributed by atoms with E-state index in [0.717, 1.165) is 18.4 Å². The van der Waals surface area contributed by atoms with E-state index >= 15 is 0 Å². The van der Waals surface area contributed by atoms with Gasteiger partial charge in [0, 0.05) is 31.5 Å². The molecular weight excluding hydrogens is 266 g/mol. The van der Waals surface area contributed by atoms with E-state index in [0.29, 0.717) is 19.1 Å². The molecule has 0 bridgehead atoms. The highest BCUT2D eigenvalue weighted by Gasteiger charge is 2.24. The summed E-state index contributed by atoms with van der Waals surface area (Å²) in [6.45, 7) is 3.04. The number of aliphatic hydroxyl groups is 1. The molecule has 1 atom stereocenters. The van der Waals surface area contributed by atoms with Crippen molar-refractivity contribution in [2.24, 2.45) is 0 Å². The summed E-state index contributed by atoms with van der Waals surface area (Å²) in [5.41, 5.74) is 1.05. The van der Waals surface area contributed by atoms with Crippen LogP contribution in [0, 0.1) is 0 Å². The first-order valence-electron chi connectivity index (χ1n) is 7.75. The quantitative estimate of drug-likeness (QED) is 0.795. The Kier molecular flexibility index (Phi) is 6.14. The van der Waals surface area contributed by atoms with Crippen molar-refractivity contribution < 1.29 is 9.90 Å². The van der Waals surface area contributed by atoms with Crippen LogP contribution in [0.2, 0.25) is 0 Å². The first-order chi connectivity index (χ1) is 10.2. The van der Waals surface area contributed by atoms with E-state index in [-0.39, 0.29) is 18.6 Å². The minimum Gasteiger partial charge on any atom is -0.395 e. The van der Waals surface area contributed by atoms with Gasteiger partial charge in [-0.15, -0.1) is 0 Å². The molecule has 0 radical (unpaired) electrons. The number of carbonyl (C=O) groups is 1. The van der Waals surface area contributed by atoms with Gasteiger partial charge in [-0.1, -0.05) is 18.9 Å². The maximum atomic E-state index is 12.4. The molecule has 116 valence electrons. The Bertz CT molecular complexity index is 432. The standard InChI is InChI=1S/C16H25N3O2/c1-13(16(21)18-15-6-2-3-7-15)19(9-10-20)12-14-5-4-8-17-11-14/h4-5,8,11,13,15,20H,2-3,6-7,9-10,12H2,1H3,(H,18,21). The predicted molar refractivity (Wildman–Crippen MR) is 81.6 cm³/mol. The summed E-state index contributed by atoms with van der Waals surface area (Å²) >= 11 is 0. The highest BCUT2D eigenvalue weighted by molar-refractivity contribution is 5.81. The number of aromatic nitrogens is 1. The Hall–Kier alpha value is -1.46. The van der Waals surface area contributed by atoms with Gasteiger partial charge in [0.25, 0.3) is 0 Å². The smallest absolute Gasteiger partial charge is 0.237 e. The number of rotatable bonds is 7. The fourth-order valence-electron chi connectivity index (χ4n) is 2.82. The second kappa shape index (κ2) is 8.10. The largest absolute Gasteiger partial charge is 0.395 e. The van der Waals surface area contributed by atoms with Crippen LogP contribution in [0.15, 0.2) is 24.5 Å². The van der Waals surface area contributed by atoms with Gasteiger partial charge < -0.3 is 10.4 Å². The second-order valence-corrected chi connectivity index (χ2v) is 5.72. The van der Waals surface area contributed by atoms with E-state index in [9.17, 15) is 9.90 Å². The summed E-state index contributed by atoms with van der Waals surface area (Å²) in [5.74, 6) is 0.0549. The van der Waals surface area contributed by atoms with Gasteiger partial charge in [-0.2, -0.15) is 0 Å². The number of hydrogen-bond acceptors (Lipinski definition) is 4. The number of carbonyl (C=O) groups excluding carboxylic acids is 1. The Balaban J connectivity index is 1.93. The molecule has 1 saturated carbocycles. The van der Waals surface area contributed by atoms with Crippen molar-refractivity contribution in [3.05, 3.63) is 30.1 Å². The molecule has 0 aromatic carbocycles. The zero-order chi connectivity index (χ0) is 15.1. The summed E-state index contributed by atoms with van der Waals surface area (Å²) in [5, 5.41) is 12.4. The predicted octanol–water partition coefficient (Wildman–Crippen LogP) is 1.32. The van der Waals surface area contributed by atoms with Gasteiger partial charge in [0.05, 0.1) is 12.6 Å². The molecule has 2 rings (SSSR count). The van der Waals surface area contributed by atoms with Gasteiger partial charge in [0.15, 0.2) is 0 Å². The van der Waals surface area contributed by atoms with E-state index in [2.05, 4.69) is 10.3 Å². The SMILES string of the molecule is CC(C(=O)NC1CCCC1)N(CCO)Cc1cccnc1. The number of amides is 1. The van der Waals surface area contributed by atoms with Gasteiger partial charge in [-0.25, -0.2) is 0 Å². The minimum atomic E-state index is -0.252. The first-order valence-corrected chi connectivity index (χ1v) is 7.75. The van der Waals surface area contributed by atoms with Crippen LogP contribution in [-0.4, -0.2) is 46.1 Å². The monoisotopic (exact) mass is 291 g/mol. The lowest BCUT2D eigenvalue weighted by Gasteiger charge is -2.28. The number of hydrogen-bond donors (Lipinski definition) is 2. The number of aliphatic hydroxyl groups excluding tert-OH is 1. The molecule has 1 unspecified atom stereocenters. The van der Waals surface area contributed by atoms with Gasteiger partial charge in [0.2, 0.25) is 5.91 Å². The maximum Gasteiger partial charge on any atom is 0.237 e. The molecule has 5 heteroatoms. The number of nitrogens with one attached hydrogen (secondary N) is 1. The zero-order valence-electron chi connectivity index (χ0n) is 12.7. The van der Waals surface area contributed by atoms with E-state index in [1.54, 1.807) is 12.4 Å². The van der Waals surface area contributed by atoms with Crippen LogP contribution in [0.4, 0.5) is 0 Å². The molecule has 1 aliphatic rings. The van der Waals surface area contributed by atoms with Crippen LogP contribution in [0.5, 0.6) is 0 Å². The molecule has 0 spiro atoms. The number of nitrogens with zero attached hydrogens (tertiary/aromatic N) is 2. The topological polar surface area (TPSA) is 65.5 Å². The van der Waals surface area contributed by atoms with Crippen molar-refractivity contribution in [3.63, 3.8) is 0 Å². The minimum absolute atomic E-state index is 0.0430. The Morgan fingerprint density at radius 1 is 1.52 bits per heavy atom. The van der Waals surface area contributed by atoms with Crippen molar-refractivity contribution in [2.75, 3.05) is 13.2 Å². The summed E-state index contributed by atoms with van der Waals surface area (Å²) in [6, 6.07) is 3.95. The molecule has 1 aliphatic carbocycles. The van der Waals surface area contributed by atoms with Crippen LogP contribution in [0.1, 0.15) is 38.2 Å². The molecule has 2 N–H and O–H groups in total. The van der Waals surface area contributed by atoms with Crippen LogP contribution in [-0.2, 0) is 11.3 Å². The third-order valence-corrected chi connectivity index (χ3v) is 4.12. The van der Waals surface area contributed by atoms with E-state index in [4.69, 9.17) is 0 Å². The molecule has 1 fully saturated rings. The normalized spacial score (nSPS) is 17.1. The lowest BCUT2D eigenvalue weighted by molar-refractivity contribution is -0.127. The highest BCUT2D eigenvalue weighted by atomic mass is 16.3. The molecule has 5 nitrogen and oxygen atoms in total. The van der Waals surface area contributed by atoms with Crippen LogP contribution in [0.3, 0.4) is 0 Å². The fraction of sp³-hybridized carbons (Fsp3) is 0.625. The molecule has 0 saturated heterocycles. The molecular formula is C16H25N3O2. The average molecular weight is 291 g/mol. The summed E-state index contributed by atoms with van der Waals surface area (Å²) in [6.07, 6.45) is 8.11. The van der Waals surface area contributed by atoms with Crippen molar-refractivity contribution in [3.8, 4) is 0 Å². The van der Waals surface area contributed by atoms with Crippen molar-refractivity contribution in [1.29, 1.82) is 0 Å². The lowest BCUT2D eigenvalue weighted by atomic mass is 10.2.